The van der Waals surface area contributed by atoms with E-state index in [1.165, 1.54) is 0 Å². The molecule has 0 saturated carbocycles. The van der Waals surface area contributed by atoms with Gasteiger partial charge in [-0.25, -0.2) is 13.1 Å². The molecule has 0 heterocycles. The SMILES string of the molecule is CCCS(=O)(=O)NC(CC)CN. The lowest BCUT2D eigenvalue weighted by atomic mass is 10.2. The summed E-state index contributed by atoms with van der Waals surface area (Å²) < 4.78 is 24.9. The predicted molar refractivity (Wildman–Crippen MR) is 50.3 cm³/mol. The van der Waals surface area contributed by atoms with Gasteiger partial charge in [-0.1, -0.05) is 13.8 Å². The highest BCUT2D eigenvalue weighted by Crippen LogP contribution is 1.94. The van der Waals surface area contributed by atoms with Gasteiger partial charge in [0.25, 0.3) is 0 Å². The van der Waals surface area contributed by atoms with Crippen LogP contribution in [0, 0.1) is 0 Å². The van der Waals surface area contributed by atoms with Gasteiger partial charge in [0.05, 0.1) is 5.75 Å². The van der Waals surface area contributed by atoms with Crippen molar-refractivity contribution < 1.29 is 8.42 Å². The first-order chi connectivity index (χ1) is 5.55. The van der Waals surface area contributed by atoms with Crippen LogP contribution in [0.3, 0.4) is 0 Å². The highest BCUT2D eigenvalue weighted by atomic mass is 32.2. The third-order valence-electron chi connectivity index (χ3n) is 1.60. The van der Waals surface area contributed by atoms with Crippen LogP contribution in [0.15, 0.2) is 0 Å². The maximum atomic E-state index is 11.2. The molecule has 0 aromatic heterocycles. The summed E-state index contributed by atoms with van der Waals surface area (Å²) in [5.41, 5.74) is 5.36. The molecule has 1 atom stereocenters. The van der Waals surface area contributed by atoms with Gasteiger partial charge in [-0.3, -0.25) is 0 Å². The van der Waals surface area contributed by atoms with Gasteiger partial charge < -0.3 is 5.73 Å². The van der Waals surface area contributed by atoms with Crippen molar-refractivity contribution in [3.63, 3.8) is 0 Å². The van der Waals surface area contributed by atoms with Crippen LogP contribution in [0.1, 0.15) is 26.7 Å². The zero-order valence-corrected chi connectivity index (χ0v) is 8.52. The van der Waals surface area contributed by atoms with E-state index in [-0.39, 0.29) is 11.8 Å². The second-order valence-electron chi connectivity index (χ2n) is 2.78. The highest BCUT2D eigenvalue weighted by molar-refractivity contribution is 7.89. The molecule has 0 fully saturated rings. The molecule has 0 aromatic carbocycles. The lowest BCUT2D eigenvalue weighted by Crippen LogP contribution is -2.40. The Morgan fingerprint density at radius 2 is 2.00 bits per heavy atom. The molecule has 0 rings (SSSR count). The largest absolute Gasteiger partial charge is 0.329 e. The first kappa shape index (κ1) is 11.9. The zero-order valence-electron chi connectivity index (χ0n) is 7.71. The molecule has 0 amide bonds. The summed E-state index contributed by atoms with van der Waals surface area (Å²) >= 11 is 0. The average Bonchev–Trinajstić information content (AvgIpc) is 2.00. The molecule has 1 unspecified atom stereocenters. The molecular weight excluding hydrogens is 176 g/mol. The second kappa shape index (κ2) is 5.50. The fourth-order valence-electron chi connectivity index (χ4n) is 0.880. The smallest absolute Gasteiger partial charge is 0.211 e. The lowest BCUT2D eigenvalue weighted by molar-refractivity contribution is 0.541. The van der Waals surface area contributed by atoms with Crippen LogP contribution in [-0.2, 0) is 10.0 Å². The monoisotopic (exact) mass is 194 g/mol. The molecule has 3 N–H and O–H groups in total. The van der Waals surface area contributed by atoms with E-state index in [9.17, 15) is 8.42 Å². The molecule has 5 heteroatoms. The first-order valence-electron chi connectivity index (χ1n) is 4.25. The van der Waals surface area contributed by atoms with E-state index in [0.29, 0.717) is 13.0 Å². The van der Waals surface area contributed by atoms with Gasteiger partial charge in [0, 0.05) is 12.6 Å². The van der Waals surface area contributed by atoms with Crippen molar-refractivity contribution in [1.82, 2.24) is 4.72 Å². The van der Waals surface area contributed by atoms with Crippen molar-refractivity contribution >= 4 is 10.0 Å². The molecule has 0 aromatic rings. The number of nitrogens with one attached hydrogen (secondary N) is 1. The van der Waals surface area contributed by atoms with Crippen molar-refractivity contribution in [1.29, 1.82) is 0 Å². The molecule has 12 heavy (non-hydrogen) atoms. The molecule has 0 aliphatic carbocycles. The molecule has 0 aliphatic heterocycles. The molecule has 74 valence electrons. The minimum Gasteiger partial charge on any atom is -0.329 e. The van der Waals surface area contributed by atoms with Gasteiger partial charge in [-0.15, -0.1) is 0 Å². The summed E-state index contributed by atoms with van der Waals surface area (Å²) in [7, 11) is -3.09. The third kappa shape index (κ3) is 4.69. The van der Waals surface area contributed by atoms with Crippen LogP contribution in [0.4, 0.5) is 0 Å². The summed E-state index contributed by atoms with van der Waals surface area (Å²) in [5.74, 6) is 0.184. The minimum absolute atomic E-state index is 0.110. The Morgan fingerprint density at radius 1 is 1.42 bits per heavy atom. The molecule has 0 saturated heterocycles. The molecule has 0 spiro atoms. The number of sulfonamides is 1. The van der Waals surface area contributed by atoms with Crippen LogP contribution in [0.25, 0.3) is 0 Å². The fourth-order valence-corrected chi connectivity index (χ4v) is 2.31. The van der Waals surface area contributed by atoms with E-state index in [4.69, 9.17) is 5.73 Å². The normalized spacial score (nSPS) is 14.6. The van der Waals surface area contributed by atoms with Gasteiger partial charge >= 0.3 is 0 Å². The number of nitrogens with two attached hydrogens (primary N) is 1. The maximum Gasteiger partial charge on any atom is 0.211 e. The van der Waals surface area contributed by atoms with E-state index in [1.54, 1.807) is 0 Å². The van der Waals surface area contributed by atoms with Crippen LogP contribution in [0.2, 0.25) is 0 Å². The average molecular weight is 194 g/mol. The Balaban J connectivity index is 4.03. The Bertz CT molecular complexity index is 197. The first-order valence-corrected chi connectivity index (χ1v) is 5.91. The summed E-state index contributed by atoms with van der Waals surface area (Å²) in [6.45, 7) is 4.11. The second-order valence-corrected chi connectivity index (χ2v) is 4.65. The van der Waals surface area contributed by atoms with Gasteiger partial charge in [0.15, 0.2) is 0 Å². The zero-order chi connectivity index (χ0) is 9.61. The van der Waals surface area contributed by atoms with Crippen LogP contribution >= 0.6 is 0 Å². The summed E-state index contributed by atoms with van der Waals surface area (Å²) in [4.78, 5) is 0. The number of hydrogen-bond acceptors (Lipinski definition) is 3. The van der Waals surface area contributed by atoms with E-state index in [0.717, 1.165) is 6.42 Å². The van der Waals surface area contributed by atoms with Crippen LogP contribution < -0.4 is 10.5 Å². The van der Waals surface area contributed by atoms with Gasteiger partial charge in [-0.2, -0.15) is 0 Å². The Kier molecular flexibility index (Phi) is 5.44. The van der Waals surface area contributed by atoms with E-state index in [2.05, 4.69) is 4.72 Å². The van der Waals surface area contributed by atoms with Gasteiger partial charge in [-0.05, 0) is 12.8 Å². The van der Waals surface area contributed by atoms with E-state index >= 15 is 0 Å². The summed E-state index contributed by atoms with van der Waals surface area (Å²) in [6.07, 6.45) is 1.37. The molecular formula is C7H18N2O2S. The quantitative estimate of drug-likeness (QED) is 0.627. The van der Waals surface area contributed by atoms with Gasteiger partial charge in [0.1, 0.15) is 0 Å². The maximum absolute atomic E-state index is 11.2. The van der Waals surface area contributed by atoms with Gasteiger partial charge in [0.2, 0.25) is 10.0 Å². The third-order valence-corrected chi connectivity index (χ3v) is 3.23. The summed E-state index contributed by atoms with van der Waals surface area (Å²) in [6, 6.07) is -0.110. The van der Waals surface area contributed by atoms with E-state index < -0.39 is 10.0 Å². The summed E-state index contributed by atoms with van der Waals surface area (Å²) in [5, 5.41) is 0. The van der Waals surface area contributed by atoms with Crippen molar-refractivity contribution in [2.75, 3.05) is 12.3 Å². The van der Waals surface area contributed by atoms with Crippen molar-refractivity contribution in [3.05, 3.63) is 0 Å². The van der Waals surface area contributed by atoms with Crippen molar-refractivity contribution in [3.8, 4) is 0 Å². The predicted octanol–water partition coefficient (Wildman–Crippen LogP) is 0.0531. The van der Waals surface area contributed by atoms with Crippen molar-refractivity contribution in [2.45, 2.75) is 32.7 Å². The van der Waals surface area contributed by atoms with Crippen molar-refractivity contribution in [2.24, 2.45) is 5.73 Å². The Morgan fingerprint density at radius 3 is 2.33 bits per heavy atom. The van der Waals surface area contributed by atoms with E-state index in [1.807, 2.05) is 13.8 Å². The van der Waals surface area contributed by atoms with Crippen LogP contribution in [0.5, 0.6) is 0 Å². The Hall–Kier alpha value is -0.130. The molecule has 0 aliphatic rings. The standard InChI is InChI=1S/C7H18N2O2S/c1-3-5-12(10,11)9-7(4-2)6-8/h7,9H,3-6,8H2,1-2H3. The minimum atomic E-state index is -3.09. The number of hydrogen-bond donors (Lipinski definition) is 2. The highest BCUT2D eigenvalue weighted by Gasteiger charge is 2.13. The topological polar surface area (TPSA) is 72.2 Å². The number of rotatable bonds is 6. The molecule has 0 bridgehead atoms. The molecule has 4 nitrogen and oxygen atoms in total. The fraction of sp³-hybridized carbons (Fsp3) is 1.00. The van der Waals surface area contributed by atoms with Crippen LogP contribution in [-0.4, -0.2) is 26.8 Å². The molecule has 0 radical (unpaired) electrons. The Labute approximate surface area is 74.6 Å². The lowest BCUT2D eigenvalue weighted by Gasteiger charge is -2.13.